The summed E-state index contributed by atoms with van der Waals surface area (Å²) >= 11 is 6.48. The number of fused-ring (bicyclic) bond motifs is 1. The number of imidazole rings is 2. The molecule has 0 aliphatic heterocycles. The summed E-state index contributed by atoms with van der Waals surface area (Å²) in [6.07, 6.45) is 0.0476. The van der Waals surface area contributed by atoms with Crippen LogP contribution in [0.4, 0.5) is 13.2 Å². The number of hydrogen-bond donors (Lipinski definition) is 1. The van der Waals surface area contributed by atoms with Gasteiger partial charge in [0, 0.05) is 19.5 Å². The van der Waals surface area contributed by atoms with Gasteiger partial charge in [0.25, 0.3) is 5.88 Å². The normalized spacial score (nSPS) is 13.8. The molecule has 0 amide bonds. The minimum atomic E-state index is -4.58. The van der Waals surface area contributed by atoms with Gasteiger partial charge >= 0.3 is 6.18 Å². The fraction of sp³-hybridized carbons (Fsp3) is 0.318. The Hall–Kier alpha value is -3.31. The van der Waals surface area contributed by atoms with Gasteiger partial charge in [0.2, 0.25) is 5.75 Å². The summed E-state index contributed by atoms with van der Waals surface area (Å²) in [6, 6.07) is 4.80. The van der Waals surface area contributed by atoms with Gasteiger partial charge in [0.1, 0.15) is 5.82 Å². The molecule has 3 aromatic heterocycles. The maximum Gasteiger partial charge on any atom is 0.422 e. The lowest BCUT2D eigenvalue weighted by molar-refractivity contribution is -0.153. The molecule has 12 heteroatoms. The van der Waals surface area contributed by atoms with E-state index in [1.807, 2.05) is 0 Å². The molecule has 0 fully saturated rings. The highest BCUT2D eigenvalue weighted by Gasteiger charge is 2.40. The number of benzene rings is 1. The van der Waals surface area contributed by atoms with Crippen molar-refractivity contribution in [3.63, 3.8) is 0 Å². The van der Waals surface area contributed by atoms with Crippen molar-refractivity contribution in [1.29, 1.82) is 0 Å². The summed E-state index contributed by atoms with van der Waals surface area (Å²) in [5.41, 5.74) is -0.0908. The highest BCUT2D eigenvalue weighted by Crippen LogP contribution is 2.43. The third-order valence-electron chi connectivity index (χ3n) is 5.62. The number of aryl methyl sites for hydroxylation is 2. The van der Waals surface area contributed by atoms with Gasteiger partial charge in [-0.3, -0.25) is 0 Å². The Morgan fingerprint density at radius 1 is 1.15 bits per heavy atom. The maximum atomic E-state index is 12.8. The molecule has 4 rings (SSSR count). The van der Waals surface area contributed by atoms with Crippen LogP contribution in [-0.2, 0) is 19.7 Å². The van der Waals surface area contributed by atoms with Gasteiger partial charge in [0.05, 0.1) is 47.8 Å². The van der Waals surface area contributed by atoms with Gasteiger partial charge in [-0.2, -0.15) is 13.2 Å². The molecule has 4 aromatic rings. The Labute approximate surface area is 197 Å². The smallest absolute Gasteiger partial charge is 0.422 e. The van der Waals surface area contributed by atoms with Gasteiger partial charge < -0.3 is 23.7 Å². The fourth-order valence-electron chi connectivity index (χ4n) is 3.80. The second-order valence-corrected chi connectivity index (χ2v) is 8.13. The summed E-state index contributed by atoms with van der Waals surface area (Å²) in [7, 11) is 4.76. The summed E-state index contributed by atoms with van der Waals surface area (Å²) in [5.74, 6) is 0.147. The van der Waals surface area contributed by atoms with Crippen LogP contribution in [0.2, 0.25) is 5.02 Å². The molecular weight excluding hydrogens is 475 g/mol. The first-order chi connectivity index (χ1) is 16.0. The van der Waals surface area contributed by atoms with E-state index in [1.165, 1.54) is 13.3 Å². The van der Waals surface area contributed by atoms with E-state index < -0.39 is 18.4 Å². The maximum absolute atomic E-state index is 12.8. The molecule has 0 saturated heterocycles. The van der Waals surface area contributed by atoms with E-state index in [-0.39, 0.29) is 22.0 Å². The Morgan fingerprint density at radius 3 is 2.44 bits per heavy atom. The largest absolute Gasteiger partial charge is 0.478 e. The molecule has 0 aliphatic carbocycles. The first kappa shape index (κ1) is 23.8. The Balaban J connectivity index is 1.96. The van der Waals surface area contributed by atoms with Crippen LogP contribution in [-0.4, -0.2) is 49.1 Å². The molecule has 1 atom stereocenters. The first-order valence-corrected chi connectivity index (χ1v) is 10.4. The number of aromatic nitrogens is 5. The molecule has 8 nitrogen and oxygen atoms in total. The van der Waals surface area contributed by atoms with E-state index in [1.54, 1.807) is 60.9 Å². The zero-order chi connectivity index (χ0) is 24.8. The number of methoxy groups -OCH3 is 1. The minimum Gasteiger partial charge on any atom is -0.478 e. The van der Waals surface area contributed by atoms with E-state index in [0.29, 0.717) is 28.3 Å². The van der Waals surface area contributed by atoms with Crippen molar-refractivity contribution < 1.29 is 27.8 Å². The lowest BCUT2D eigenvalue weighted by Gasteiger charge is -2.30. The predicted molar refractivity (Wildman–Crippen MR) is 118 cm³/mol. The van der Waals surface area contributed by atoms with E-state index in [0.717, 1.165) is 0 Å². The van der Waals surface area contributed by atoms with E-state index in [2.05, 4.69) is 15.0 Å². The number of nitrogens with zero attached hydrogens (tertiary/aromatic N) is 5. The minimum absolute atomic E-state index is 0.124. The molecule has 0 spiro atoms. The van der Waals surface area contributed by atoms with Gasteiger partial charge in [-0.05, 0) is 24.6 Å². The lowest BCUT2D eigenvalue weighted by atomic mass is 9.86. The van der Waals surface area contributed by atoms with E-state index >= 15 is 0 Å². The molecular formula is C22H21ClF3N5O3. The third-order valence-corrected chi connectivity index (χ3v) is 5.99. The monoisotopic (exact) mass is 495 g/mol. The number of rotatable bonds is 6. The number of aliphatic hydroxyl groups is 1. The van der Waals surface area contributed by atoms with Crippen LogP contribution in [0, 0.1) is 6.92 Å². The quantitative estimate of drug-likeness (QED) is 0.436. The SMILES string of the molecule is COc1nc2ccc(C(O)(c3cncn3C)c3cnc(C)n3C)cc2c(Cl)c1OCC(F)(F)F. The van der Waals surface area contributed by atoms with Gasteiger partial charge in [0.15, 0.2) is 12.2 Å². The van der Waals surface area contributed by atoms with Crippen molar-refractivity contribution in [3.8, 4) is 11.6 Å². The van der Waals surface area contributed by atoms with Crippen molar-refractivity contribution in [2.75, 3.05) is 13.7 Å². The summed E-state index contributed by atoms with van der Waals surface area (Å²) in [5, 5.41) is 12.3. The van der Waals surface area contributed by atoms with Gasteiger partial charge in [-0.25, -0.2) is 15.0 Å². The molecule has 1 unspecified atom stereocenters. The topological polar surface area (TPSA) is 87.2 Å². The first-order valence-electron chi connectivity index (χ1n) is 10.0. The number of hydrogen-bond acceptors (Lipinski definition) is 6. The van der Waals surface area contributed by atoms with Crippen molar-refractivity contribution in [3.05, 3.63) is 64.7 Å². The second-order valence-electron chi connectivity index (χ2n) is 7.75. The standard InChI is InChI=1S/C22H21ClF3N5O3/c1-12-28-9-17(31(12)3)22(32,16-8-27-11-30(16)2)13-5-6-15-14(7-13)18(23)19(20(29-15)33-4)34-10-21(24,25)26/h5-9,11,32H,10H2,1-4H3. The average Bonchev–Trinajstić information content (AvgIpc) is 3.37. The Kier molecular flexibility index (Phi) is 5.94. The van der Waals surface area contributed by atoms with Crippen molar-refractivity contribution in [2.24, 2.45) is 14.1 Å². The summed E-state index contributed by atoms with van der Waals surface area (Å²) < 4.78 is 51.8. The highest BCUT2D eigenvalue weighted by atomic mass is 35.5. The number of alkyl halides is 3. The molecule has 0 radical (unpaired) electrons. The zero-order valence-corrected chi connectivity index (χ0v) is 19.4. The number of ether oxygens (including phenoxy) is 2. The van der Waals surface area contributed by atoms with Crippen LogP contribution in [0.1, 0.15) is 22.8 Å². The van der Waals surface area contributed by atoms with Gasteiger partial charge in [-0.1, -0.05) is 17.7 Å². The average molecular weight is 496 g/mol. The molecule has 0 aliphatic rings. The molecule has 0 saturated carbocycles. The highest BCUT2D eigenvalue weighted by molar-refractivity contribution is 6.37. The second kappa shape index (κ2) is 8.48. The molecule has 180 valence electrons. The van der Waals surface area contributed by atoms with Crippen molar-refractivity contribution in [2.45, 2.75) is 18.7 Å². The van der Waals surface area contributed by atoms with Crippen LogP contribution < -0.4 is 9.47 Å². The zero-order valence-electron chi connectivity index (χ0n) is 18.7. The molecule has 34 heavy (non-hydrogen) atoms. The Bertz CT molecular complexity index is 1370. The molecule has 3 heterocycles. The van der Waals surface area contributed by atoms with E-state index in [4.69, 9.17) is 21.1 Å². The van der Waals surface area contributed by atoms with E-state index in [9.17, 15) is 18.3 Å². The van der Waals surface area contributed by atoms with Crippen LogP contribution in [0.5, 0.6) is 11.6 Å². The van der Waals surface area contributed by atoms with Crippen LogP contribution in [0.15, 0.2) is 36.9 Å². The lowest BCUT2D eigenvalue weighted by Crippen LogP contribution is -2.33. The van der Waals surface area contributed by atoms with Crippen molar-refractivity contribution in [1.82, 2.24) is 24.1 Å². The molecule has 0 bridgehead atoms. The fourth-order valence-corrected chi connectivity index (χ4v) is 4.09. The van der Waals surface area contributed by atoms with Crippen LogP contribution in [0.3, 0.4) is 0 Å². The van der Waals surface area contributed by atoms with Gasteiger partial charge in [-0.15, -0.1) is 0 Å². The summed E-state index contributed by atoms with van der Waals surface area (Å²) in [4.78, 5) is 12.7. The molecule has 1 N–H and O–H groups in total. The predicted octanol–water partition coefficient (Wildman–Crippen LogP) is 3.90. The van der Waals surface area contributed by atoms with Crippen LogP contribution in [0.25, 0.3) is 10.9 Å². The van der Waals surface area contributed by atoms with Crippen LogP contribution >= 0.6 is 11.6 Å². The Morgan fingerprint density at radius 2 is 1.88 bits per heavy atom. The number of halogens is 4. The number of pyridine rings is 1. The molecule has 1 aromatic carbocycles. The van der Waals surface area contributed by atoms with Crippen molar-refractivity contribution >= 4 is 22.5 Å². The third kappa shape index (κ3) is 3.94. The summed E-state index contributed by atoms with van der Waals surface area (Å²) in [6.45, 7) is 0.230.